The third-order valence-electron chi connectivity index (χ3n) is 5.94. The maximum atomic E-state index is 13.8. The van der Waals surface area contributed by atoms with Crippen molar-refractivity contribution in [3.8, 4) is 17.2 Å². The predicted octanol–water partition coefficient (Wildman–Crippen LogP) is 2.73. The van der Waals surface area contributed by atoms with Gasteiger partial charge in [-0.05, 0) is 43.7 Å². The molecule has 11 nitrogen and oxygen atoms in total. The Morgan fingerprint density at radius 3 is 2.50 bits per heavy atom. The Morgan fingerprint density at radius 2 is 1.87 bits per heavy atom. The van der Waals surface area contributed by atoms with Crippen molar-refractivity contribution < 1.29 is 28.7 Å². The zero-order valence-corrected chi connectivity index (χ0v) is 22.2. The third-order valence-corrected chi connectivity index (χ3v) is 6.93. The molecule has 0 radical (unpaired) electrons. The van der Waals surface area contributed by atoms with E-state index in [1.807, 2.05) is 0 Å². The van der Waals surface area contributed by atoms with Crippen LogP contribution in [0.2, 0.25) is 0 Å². The van der Waals surface area contributed by atoms with E-state index in [-0.39, 0.29) is 39.5 Å². The van der Waals surface area contributed by atoms with E-state index >= 15 is 0 Å². The number of hydrogen-bond acceptors (Lipinski definition) is 10. The number of carbonyl (C=O) groups excluding carboxylic acids is 1. The highest BCUT2D eigenvalue weighted by atomic mass is 32.1. The summed E-state index contributed by atoms with van der Waals surface area (Å²) in [5, 5.41) is 11.8. The molecule has 0 unspecified atom stereocenters. The van der Waals surface area contributed by atoms with E-state index in [2.05, 4.69) is 4.99 Å². The van der Waals surface area contributed by atoms with Crippen LogP contribution in [0.1, 0.15) is 31.0 Å². The van der Waals surface area contributed by atoms with Gasteiger partial charge in [-0.2, -0.15) is 0 Å². The SMILES string of the molecule is CCOC(=O)C1=C(C)N=c2s/c(=C\c3cc(OC)c(OC)cc3[N+](=O)[O-])c(=O)n2[C@@H]1c1cccc(OC)c1. The fourth-order valence-corrected chi connectivity index (χ4v) is 5.25. The lowest BCUT2D eigenvalue weighted by Crippen LogP contribution is -2.39. The molecule has 198 valence electrons. The van der Waals surface area contributed by atoms with Crippen molar-refractivity contribution in [2.24, 2.45) is 4.99 Å². The largest absolute Gasteiger partial charge is 0.497 e. The number of nitrogens with zero attached hydrogens (tertiary/aromatic N) is 3. The molecule has 4 rings (SSSR count). The van der Waals surface area contributed by atoms with Gasteiger partial charge in [0, 0.05) is 0 Å². The Balaban J connectivity index is 2.00. The number of aromatic nitrogens is 1. The van der Waals surface area contributed by atoms with E-state index in [1.165, 1.54) is 44.1 Å². The number of esters is 1. The first-order valence-corrected chi connectivity index (χ1v) is 12.3. The smallest absolute Gasteiger partial charge is 0.338 e. The summed E-state index contributed by atoms with van der Waals surface area (Å²) in [6, 6.07) is 8.86. The summed E-state index contributed by atoms with van der Waals surface area (Å²) in [7, 11) is 4.31. The minimum Gasteiger partial charge on any atom is -0.497 e. The Bertz CT molecular complexity index is 1640. The molecule has 1 aromatic heterocycles. The number of allylic oxidation sites excluding steroid dienone is 1. The number of ether oxygens (including phenoxy) is 4. The quantitative estimate of drug-likeness (QED) is 0.243. The number of carbonyl (C=O) groups is 1. The molecule has 0 spiro atoms. The third kappa shape index (κ3) is 4.77. The second-order valence-electron chi connectivity index (χ2n) is 8.10. The minimum absolute atomic E-state index is 0.147. The van der Waals surface area contributed by atoms with Gasteiger partial charge in [0.2, 0.25) is 0 Å². The molecule has 2 heterocycles. The molecule has 0 fully saturated rings. The molecule has 0 N–H and O–H groups in total. The summed E-state index contributed by atoms with van der Waals surface area (Å²) in [5.41, 5.74) is 0.655. The molecule has 0 amide bonds. The average Bonchev–Trinajstić information content (AvgIpc) is 3.21. The zero-order chi connectivity index (χ0) is 27.6. The summed E-state index contributed by atoms with van der Waals surface area (Å²) in [5.74, 6) is 0.409. The van der Waals surface area contributed by atoms with Crippen molar-refractivity contribution in [3.05, 3.63) is 88.6 Å². The van der Waals surface area contributed by atoms with Crippen LogP contribution in [0.15, 0.2) is 57.5 Å². The monoisotopic (exact) mass is 539 g/mol. The van der Waals surface area contributed by atoms with Crippen LogP contribution < -0.4 is 29.1 Å². The Kier molecular flexibility index (Phi) is 7.62. The van der Waals surface area contributed by atoms with E-state index in [0.29, 0.717) is 21.8 Å². The molecule has 0 saturated carbocycles. The van der Waals surface area contributed by atoms with Crippen molar-refractivity contribution in [3.63, 3.8) is 0 Å². The van der Waals surface area contributed by atoms with Crippen molar-refractivity contribution in [1.82, 2.24) is 4.57 Å². The molecule has 0 aliphatic carbocycles. The van der Waals surface area contributed by atoms with E-state index in [0.717, 1.165) is 11.3 Å². The number of nitro benzene ring substituents is 1. The van der Waals surface area contributed by atoms with Gasteiger partial charge in [0.1, 0.15) is 5.75 Å². The second-order valence-corrected chi connectivity index (χ2v) is 9.11. The number of thiazole rings is 1. The minimum atomic E-state index is -0.845. The van der Waals surface area contributed by atoms with Gasteiger partial charge in [0.15, 0.2) is 16.3 Å². The van der Waals surface area contributed by atoms with E-state index in [9.17, 15) is 19.7 Å². The second kappa shape index (κ2) is 10.9. The molecule has 1 atom stereocenters. The van der Waals surface area contributed by atoms with Crippen molar-refractivity contribution >= 4 is 29.1 Å². The predicted molar refractivity (Wildman–Crippen MR) is 140 cm³/mol. The summed E-state index contributed by atoms with van der Waals surface area (Å²) >= 11 is 1.06. The number of methoxy groups -OCH3 is 3. The molecule has 1 aliphatic heterocycles. The number of benzene rings is 2. The molecular weight excluding hydrogens is 514 g/mol. The maximum absolute atomic E-state index is 13.8. The first kappa shape index (κ1) is 26.6. The van der Waals surface area contributed by atoms with E-state index in [4.69, 9.17) is 18.9 Å². The van der Waals surface area contributed by atoms with Crippen LogP contribution in [0.4, 0.5) is 5.69 Å². The van der Waals surface area contributed by atoms with Crippen molar-refractivity contribution in [1.29, 1.82) is 0 Å². The Labute approximate surface area is 221 Å². The highest BCUT2D eigenvalue weighted by Crippen LogP contribution is 2.35. The van der Waals surface area contributed by atoms with E-state index < -0.39 is 22.5 Å². The van der Waals surface area contributed by atoms with Gasteiger partial charge in [-0.1, -0.05) is 23.5 Å². The highest BCUT2D eigenvalue weighted by Gasteiger charge is 2.33. The lowest BCUT2D eigenvalue weighted by atomic mass is 9.95. The van der Waals surface area contributed by atoms with Crippen LogP contribution in [-0.2, 0) is 9.53 Å². The fraction of sp³-hybridized carbons (Fsp3) is 0.269. The van der Waals surface area contributed by atoms with E-state index in [1.54, 1.807) is 38.1 Å². The summed E-state index contributed by atoms with van der Waals surface area (Å²) < 4.78 is 22.7. The highest BCUT2D eigenvalue weighted by molar-refractivity contribution is 7.07. The molecule has 3 aromatic rings. The fourth-order valence-electron chi connectivity index (χ4n) is 4.22. The van der Waals surface area contributed by atoms with Crippen LogP contribution in [-0.4, -0.2) is 43.4 Å². The Morgan fingerprint density at radius 1 is 1.16 bits per heavy atom. The maximum Gasteiger partial charge on any atom is 0.338 e. The van der Waals surface area contributed by atoms with Crippen LogP contribution in [0.25, 0.3) is 6.08 Å². The first-order valence-electron chi connectivity index (χ1n) is 11.5. The molecular formula is C26H25N3O8S. The topological polar surface area (TPSA) is 131 Å². The van der Waals surface area contributed by atoms with Crippen LogP contribution >= 0.6 is 11.3 Å². The average molecular weight is 540 g/mol. The van der Waals surface area contributed by atoms with Gasteiger partial charge in [-0.15, -0.1) is 0 Å². The molecule has 0 bridgehead atoms. The number of nitro groups is 1. The van der Waals surface area contributed by atoms with Gasteiger partial charge in [-0.25, -0.2) is 9.79 Å². The molecule has 1 aliphatic rings. The summed E-state index contributed by atoms with van der Waals surface area (Å²) in [4.78, 5) is 42.9. The number of rotatable bonds is 8. The summed E-state index contributed by atoms with van der Waals surface area (Å²) in [6.07, 6.45) is 1.41. The lowest BCUT2D eigenvalue weighted by Gasteiger charge is -2.25. The van der Waals surface area contributed by atoms with Crippen LogP contribution in [0.3, 0.4) is 0 Å². The Hall–Kier alpha value is -4.45. The molecule has 12 heteroatoms. The van der Waals surface area contributed by atoms with Crippen molar-refractivity contribution in [2.75, 3.05) is 27.9 Å². The standard InChI is InChI=1S/C26H25N3O8S/c1-6-37-25(31)22-14(2)27-26-28(23(22)15-8-7-9-17(10-15)34-3)24(30)21(38-26)12-16-11-19(35-4)20(36-5)13-18(16)29(32)33/h7-13,23H,6H2,1-5H3/b21-12-/t23-/m1/s1. The van der Waals surface area contributed by atoms with Gasteiger partial charge < -0.3 is 18.9 Å². The zero-order valence-electron chi connectivity index (χ0n) is 21.3. The normalized spacial score (nSPS) is 15.0. The van der Waals surface area contributed by atoms with Gasteiger partial charge in [-0.3, -0.25) is 19.5 Å². The number of hydrogen-bond donors (Lipinski definition) is 0. The first-order chi connectivity index (χ1) is 18.2. The lowest BCUT2D eigenvalue weighted by molar-refractivity contribution is -0.385. The van der Waals surface area contributed by atoms with Gasteiger partial charge in [0.25, 0.3) is 11.2 Å². The van der Waals surface area contributed by atoms with Crippen molar-refractivity contribution in [2.45, 2.75) is 19.9 Å². The number of fused-ring (bicyclic) bond motifs is 1. The van der Waals surface area contributed by atoms with Crippen LogP contribution in [0, 0.1) is 10.1 Å². The van der Waals surface area contributed by atoms with Gasteiger partial charge in [0.05, 0.1) is 66.3 Å². The molecule has 38 heavy (non-hydrogen) atoms. The van der Waals surface area contributed by atoms with Crippen LogP contribution in [0.5, 0.6) is 17.2 Å². The van der Waals surface area contributed by atoms with Gasteiger partial charge >= 0.3 is 5.97 Å². The molecule has 0 saturated heterocycles. The summed E-state index contributed by atoms with van der Waals surface area (Å²) in [6.45, 7) is 3.52. The molecule has 2 aromatic carbocycles.